The normalized spacial score (nSPS) is 17.4. The first-order valence-electron chi connectivity index (χ1n) is 11.3. The van der Waals surface area contributed by atoms with Gasteiger partial charge in [0.15, 0.2) is 0 Å². The number of carbonyl (C=O) groups is 1. The summed E-state index contributed by atoms with van der Waals surface area (Å²) in [7, 11) is 3.06. The van der Waals surface area contributed by atoms with Crippen LogP contribution in [0.25, 0.3) is 20.4 Å². The van der Waals surface area contributed by atoms with Gasteiger partial charge in [-0.25, -0.2) is 9.97 Å². The summed E-state index contributed by atoms with van der Waals surface area (Å²) in [5.74, 6) is 0.695. The summed E-state index contributed by atoms with van der Waals surface area (Å²) in [5, 5.41) is 3.62. The van der Waals surface area contributed by atoms with E-state index in [2.05, 4.69) is 24.1 Å². The van der Waals surface area contributed by atoms with Crippen molar-refractivity contribution in [1.29, 1.82) is 0 Å². The van der Waals surface area contributed by atoms with Crippen LogP contribution < -0.4 is 20.3 Å². The number of anilines is 1. The van der Waals surface area contributed by atoms with Crippen molar-refractivity contribution in [2.75, 3.05) is 19.5 Å². The number of nitrogens with one attached hydrogen (secondary N) is 1. The number of pyridine rings is 1. The van der Waals surface area contributed by atoms with Crippen LogP contribution in [0.3, 0.4) is 0 Å². The maximum Gasteiger partial charge on any atom is 0.271 e. The Labute approximate surface area is 205 Å². The molecule has 3 aromatic heterocycles. The Bertz CT molecular complexity index is 1510. The number of fused-ring (bicyclic) bond motifs is 4. The van der Waals surface area contributed by atoms with E-state index in [1.165, 1.54) is 29.3 Å². The summed E-state index contributed by atoms with van der Waals surface area (Å²) >= 11 is 1.31. The monoisotopic (exact) mass is 494 g/mol. The van der Waals surface area contributed by atoms with Gasteiger partial charge in [-0.3, -0.25) is 14.2 Å². The summed E-state index contributed by atoms with van der Waals surface area (Å²) in [6, 6.07) is 7.11. The first-order chi connectivity index (χ1) is 16.8. The summed E-state index contributed by atoms with van der Waals surface area (Å²) < 4.78 is 18.4. The number of ether oxygens (including phenoxy) is 3. The smallest absolute Gasteiger partial charge is 0.271 e. The second-order valence-electron chi connectivity index (χ2n) is 8.79. The molecule has 1 amide bonds. The van der Waals surface area contributed by atoms with E-state index in [9.17, 15) is 9.59 Å². The molecule has 0 spiro atoms. The third-order valence-electron chi connectivity index (χ3n) is 6.47. The maximum absolute atomic E-state index is 13.2. The van der Waals surface area contributed by atoms with Crippen LogP contribution in [0.15, 0.2) is 35.4 Å². The zero-order chi connectivity index (χ0) is 24.7. The first kappa shape index (κ1) is 23.3. The number of thiophene rings is 1. The number of carbonyl (C=O) groups excluding carboxylic acids is 1. The summed E-state index contributed by atoms with van der Waals surface area (Å²) in [6.45, 7) is 4.51. The molecule has 0 fully saturated rings. The van der Waals surface area contributed by atoms with Gasteiger partial charge in [0, 0.05) is 23.4 Å². The van der Waals surface area contributed by atoms with Crippen molar-refractivity contribution in [3.05, 3.63) is 52.2 Å². The molecule has 10 heteroatoms. The molecule has 182 valence electrons. The molecule has 0 saturated heterocycles. The van der Waals surface area contributed by atoms with Crippen molar-refractivity contribution in [1.82, 2.24) is 14.5 Å². The average Bonchev–Trinajstić information content (AvgIpc) is 3.22. The van der Waals surface area contributed by atoms with E-state index in [1.54, 1.807) is 25.3 Å². The molecule has 9 nitrogen and oxygen atoms in total. The zero-order valence-corrected chi connectivity index (χ0v) is 20.8. The van der Waals surface area contributed by atoms with Crippen molar-refractivity contribution >= 4 is 43.4 Å². The van der Waals surface area contributed by atoms with Crippen LogP contribution in [0, 0.1) is 0 Å². The average molecular weight is 495 g/mol. The highest BCUT2D eigenvalue weighted by Crippen LogP contribution is 2.35. The minimum atomic E-state index is -0.373. The molecule has 4 heterocycles. The summed E-state index contributed by atoms with van der Waals surface area (Å²) in [4.78, 5) is 36.1. The van der Waals surface area contributed by atoms with Crippen molar-refractivity contribution in [3.8, 4) is 11.5 Å². The van der Waals surface area contributed by atoms with Crippen LogP contribution >= 0.6 is 11.3 Å². The highest BCUT2D eigenvalue weighted by molar-refractivity contribution is 7.25. The van der Waals surface area contributed by atoms with Gasteiger partial charge < -0.3 is 19.5 Å². The fourth-order valence-corrected chi connectivity index (χ4v) is 5.27. The predicted molar refractivity (Wildman–Crippen MR) is 135 cm³/mol. The van der Waals surface area contributed by atoms with Gasteiger partial charge in [-0.2, -0.15) is 0 Å². The van der Waals surface area contributed by atoms with Gasteiger partial charge in [-0.1, -0.05) is 6.92 Å². The Morgan fingerprint density at radius 3 is 2.86 bits per heavy atom. The third kappa shape index (κ3) is 4.23. The van der Waals surface area contributed by atoms with Crippen LogP contribution in [0.2, 0.25) is 0 Å². The van der Waals surface area contributed by atoms with Crippen molar-refractivity contribution < 1.29 is 19.0 Å². The standard InChI is InChI=1S/C25H26N4O5S/c1-5-25(2)10-18-14(12-34-25)8-16-21-22(35-23(16)28-18)24(31)29(13-26-21)11-20(30)27-17-7-6-15(32-3)9-19(17)33-4/h6-9,13H,5,10-12H2,1-4H3,(H,27,30). The molecule has 1 aliphatic heterocycles. The van der Waals surface area contributed by atoms with E-state index in [4.69, 9.17) is 19.2 Å². The highest BCUT2D eigenvalue weighted by Gasteiger charge is 2.31. The molecule has 1 aromatic carbocycles. The van der Waals surface area contributed by atoms with Gasteiger partial charge in [0.25, 0.3) is 5.56 Å². The van der Waals surface area contributed by atoms with Gasteiger partial charge >= 0.3 is 0 Å². The Balaban J connectivity index is 1.44. The molecular weight excluding hydrogens is 468 g/mol. The topological polar surface area (TPSA) is 105 Å². The molecule has 1 atom stereocenters. The van der Waals surface area contributed by atoms with E-state index in [-0.39, 0.29) is 23.6 Å². The number of hydrogen-bond donors (Lipinski definition) is 1. The van der Waals surface area contributed by atoms with E-state index in [0.29, 0.717) is 34.0 Å². The van der Waals surface area contributed by atoms with Gasteiger partial charge in [0.1, 0.15) is 27.6 Å². The number of hydrogen-bond acceptors (Lipinski definition) is 8. The SMILES string of the molecule is CCC1(C)Cc2nc3sc4c(=O)n(CC(=O)Nc5ccc(OC)cc5OC)cnc4c3cc2CO1. The Hall–Kier alpha value is -3.50. The van der Waals surface area contributed by atoms with Gasteiger partial charge in [-0.05, 0) is 31.5 Å². The number of nitrogens with zero attached hydrogens (tertiary/aromatic N) is 3. The number of amides is 1. The van der Waals surface area contributed by atoms with Gasteiger partial charge in [0.2, 0.25) is 5.91 Å². The van der Waals surface area contributed by atoms with Gasteiger partial charge in [-0.15, -0.1) is 11.3 Å². The van der Waals surface area contributed by atoms with Crippen LogP contribution in [0.4, 0.5) is 5.69 Å². The Kier molecular flexibility index (Phi) is 5.94. The second-order valence-corrected chi connectivity index (χ2v) is 9.79. The number of benzene rings is 1. The quantitative estimate of drug-likeness (QED) is 0.433. The molecule has 0 aliphatic carbocycles. The highest BCUT2D eigenvalue weighted by atomic mass is 32.1. The molecule has 1 unspecified atom stereocenters. The Morgan fingerprint density at radius 2 is 2.11 bits per heavy atom. The molecule has 4 aromatic rings. The molecule has 0 bridgehead atoms. The summed E-state index contributed by atoms with van der Waals surface area (Å²) in [5.41, 5.74) is 2.62. The molecular formula is C25H26N4O5S. The number of methoxy groups -OCH3 is 2. The van der Waals surface area contributed by atoms with Gasteiger partial charge in [0.05, 0.1) is 49.7 Å². The van der Waals surface area contributed by atoms with E-state index in [1.807, 2.05) is 6.07 Å². The number of aromatic nitrogens is 3. The maximum atomic E-state index is 13.2. The third-order valence-corrected chi connectivity index (χ3v) is 7.55. The fourth-order valence-electron chi connectivity index (χ4n) is 4.19. The fraction of sp³-hybridized carbons (Fsp3) is 0.360. The van der Waals surface area contributed by atoms with E-state index >= 15 is 0 Å². The lowest BCUT2D eigenvalue weighted by molar-refractivity contribution is -0.116. The second kappa shape index (κ2) is 8.94. The van der Waals surface area contributed by atoms with Crippen LogP contribution in [-0.2, 0) is 29.1 Å². The van der Waals surface area contributed by atoms with Crippen molar-refractivity contribution in [3.63, 3.8) is 0 Å². The minimum absolute atomic E-state index is 0.183. The van der Waals surface area contributed by atoms with Crippen LogP contribution in [-0.4, -0.2) is 40.3 Å². The lowest BCUT2D eigenvalue weighted by atomic mass is 9.91. The lowest BCUT2D eigenvalue weighted by Crippen LogP contribution is -2.35. The largest absolute Gasteiger partial charge is 0.497 e. The van der Waals surface area contributed by atoms with Crippen LogP contribution in [0.5, 0.6) is 11.5 Å². The van der Waals surface area contributed by atoms with Crippen molar-refractivity contribution in [2.24, 2.45) is 0 Å². The summed E-state index contributed by atoms with van der Waals surface area (Å²) in [6.07, 6.45) is 3.04. The molecule has 5 rings (SSSR count). The zero-order valence-electron chi connectivity index (χ0n) is 20.0. The minimum Gasteiger partial charge on any atom is -0.497 e. The Morgan fingerprint density at radius 1 is 1.29 bits per heavy atom. The van der Waals surface area contributed by atoms with E-state index < -0.39 is 0 Å². The van der Waals surface area contributed by atoms with E-state index in [0.717, 1.165) is 34.3 Å². The van der Waals surface area contributed by atoms with Crippen molar-refractivity contribution in [2.45, 2.75) is 45.4 Å². The first-order valence-corrected chi connectivity index (χ1v) is 12.1. The molecule has 1 N–H and O–H groups in total. The van der Waals surface area contributed by atoms with Crippen LogP contribution in [0.1, 0.15) is 31.5 Å². The number of rotatable bonds is 6. The molecule has 0 saturated carbocycles. The molecule has 0 radical (unpaired) electrons. The predicted octanol–water partition coefficient (Wildman–Crippen LogP) is 3.90. The lowest BCUT2D eigenvalue weighted by Gasteiger charge is -2.33. The molecule has 35 heavy (non-hydrogen) atoms. The molecule has 1 aliphatic rings.